The highest BCUT2D eigenvalue weighted by atomic mass is 35.5. The van der Waals surface area contributed by atoms with Gasteiger partial charge in [0.05, 0.1) is 11.1 Å². The monoisotopic (exact) mass is 434 g/mol. The van der Waals surface area contributed by atoms with Gasteiger partial charge in [0.15, 0.2) is 0 Å². The molecule has 0 saturated heterocycles. The number of halogens is 1. The highest BCUT2D eigenvalue weighted by Crippen LogP contribution is 2.34. The Morgan fingerprint density at radius 3 is 2.55 bits per heavy atom. The van der Waals surface area contributed by atoms with Crippen LogP contribution in [-0.4, -0.2) is 26.7 Å². The second-order valence-electron chi connectivity index (χ2n) is 8.27. The van der Waals surface area contributed by atoms with E-state index in [1.54, 1.807) is 0 Å². The Kier molecular flexibility index (Phi) is 5.02. The van der Waals surface area contributed by atoms with E-state index in [-0.39, 0.29) is 23.4 Å². The van der Waals surface area contributed by atoms with Crippen molar-refractivity contribution in [3.05, 3.63) is 75.3 Å². The fourth-order valence-corrected chi connectivity index (χ4v) is 4.98. The maximum atomic E-state index is 13.0. The van der Waals surface area contributed by atoms with Crippen molar-refractivity contribution in [2.24, 2.45) is 7.05 Å². The van der Waals surface area contributed by atoms with E-state index in [0.29, 0.717) is 16.1 Å². The number of amides is 1. The summed E-state index contributed by atoms with van der Waals surface area (Å²) in [6.07, 6.45) is 3.57. The summed E-state index contributed by atoms with van der Waals surface area (Å²) < 4.78 is 1.89. The minimum Gasteiger partial charge on any atom is -0.348 e. The van der Waals surface area contributed by atoms with Crippen molar-refractivity contribution >= 4 is 39.2 Å². The van der Waals surface area contributed by atoms with Crippen LogP contribution in [0.1, 0.15) is 47.8 Å². The van der Waals surface area contributed by atoms with Crippen molar-refractivity contribution < 1.29 is 4.79 Å². The standard InChI is InChI=1S/C24H23ClN4O2/c1-29-20-8-4-7-19(25)18(20)13-21(29)24(31)26-15-11-9-14(10-12-15)22-16-5-2-3-6-17(16)23(30)28-27-22/h2-8,13-15H,9-12H2,1H3,(H,26,31)(H,28,30). The summed E-state index contributed by atoms with van der Waals surface area (Å²) in [6, 6.07) is 15.3. The van der Waals surface area contributed by atoms with Crippen LogP contribution < -0.4 is 10.9 Å². The highest BCUT2D eigenvalue weighted by molar-refractivity contribution is 6.35. The van der Waals surface area contributed by atoms with Gasteiger partial charge in [0.2, 0.25) is 0 Å². The Labute approximate surface area is 184 Å². The van der Waals surface area contributed by atoms with Gasteiger partial charge >= 0.3 is 0 Å². The van der Waals surface area contributed by atoms with Crippen molar-refractivity contribution in [1.82, 2.24) is 20.1 Å². The lowest BCUT2D eigenvalue weighted by Gasteiger charge is -2.29. The van der Waals surface area contributed by atoms with Gasteiger partial charge < -0.3 is 9.88 Å². The van der Waals surface area contributed by atoms with Gasteiger partial charge in [0.25, 0.3) is 11.5 Å². The summed E-state index contributed by atoms with van der Waals surface area (Å²) in [7, 11) is 1.89. The largest absolute Gasteiger partial charge is 0.348 e. The summed E-state index contributed by atoms with van der Waals surface area (Å²) >= 11 is 6.29. The molecule has 1 aliphatic carbocycles. The molecule has 0 bridgehead atoms. The average molecular weight is 435 g/mol. The average Bonchev–Trinajstić information content (AvgIpc) is 3.13. The Hall–Kier alpha value is -3.12. The number of carbonyl (C=O) groups excluding carboxylic acids is 1. The Balaban J connectivity index is 1.30. The van der Waals surface area contributed by atoms with E-state index < -0.39 is 0 Å². The third-order valence-corrected chi connectivity index (χ3v) is 6.77. The SMILES string of the molecule is Cn1c(C(=O)NC2CCC(c3n[nH]c(=O)c4ccccc34)CC2)cc2c(Cl)cccc21. The zero-order chi connectivity index (χ0) is 21.5. The first-order valence-corrected chi connectivity index (χ1v) is 10.9. The second-order valence-corrected chi connectivity index (χ2v) is 8.67. The number of carbonyl (C=O) groups is 1. The van der Waals surface area contributed by atoms with Crippen molar-refractivity contribution in [2.45, 2.75) is 37.6 Å². The van der Waals surface area contributed by atoms with Gasteiger partial charge in [-0.05, 0) is 49.9 Å². The summed E-state index contributed by atoms with van der Waals surface area (Å²) in [5, 5.41) is 13.3. The summed E-state index contributed by atoms with van der Waals surface area (Å²) in [5.41, 5.74) is 2.34. The molecule has 7 heteroatoms. The van der Waals surface area contributed by atoms with E-state index in [2.05, 4.69) is 15.5 Å². The Bertz CT molecular complexity index is 1350. The normalized spacial score (nSPS) is 19.0. The number of aromatic nitrogens is 3. The Morgan fingerprint density at radius 1 is 1.06 bits per heavy atom. The fraction of sp³-hybridized carbons (Fsp3) is 0.292. The quantitative estimate of drug-likeness (QED) is 0.497. The first-order valence-electron chi connectivity index (χ1n) is 10.5. The zero-order valence-corrected chi connectivity index (χ0v) is 17.9. The number of nitrogens with one attached hydrogen (secondary N) is 2. The predicted octanol–water partition coefficient (Wildman–Crippen LogP) is 4.52. The number of rotatable bonds is 3. The lowest BCUT2D eigenvalue weighted by Crippen LogP contribution is -2.38. The summed E-state index contributed by atoms with van der Waals surface area (Å²) in [5.74, 6) is 0.192. The predicted molar refractivity (Wildman–Crippen MR) is 123 cm³/mol. The number of benzene rings is 2. The number of H-pyrrole nitrogens is 1. The van der Waals surface area contributed by atoms with Crippen LogP contribution in [0.25, 0.3) is 21.7 Å². The van der Waals surface area contributed by atoms with Crippen molar-refractivity contribution in [3.8, 4) is 0 Å². The van der Waals surface area contributed by atoms with Gasteiger partial charge in [-0.15, -0.1) is 0 Å². The van der Waals surface area contributed by atoms with Crippen molar-refractivity contribution in [3.63, 3.8) is 0 Å². The van der Waals surface area contributed by atoms with Crippen LogP contribution >= 0.6 is 11.6 Å². The van der Waals surface area contributed by atoms with Crippen LogP contribution in [0.4, 0.5) is 0 Å². The first-order chi connectivity index (χ1) is 15.0. The smallest absolute Gasteiger partial charge is 0.272 e. The van der Waals surface area contributed by atoms with Crippen LogP contribution in [-0.2, 0) is 7.05 Å². The number of aromatic amines is 1. The van der Waals surface area contributed by atoms with E-state index in [1.165, 1.54) is 0 Å². The molecule has 1 amide bonds. The third-order valence-electron chi connectivity index (χ3n) is 6.44. The first kappa shape index (κ1) is 19.8. The summed E-state index contributed by atoms with van der Waals surface area (Å²) in [4.78, 5) is 25.0. The molecule has 0 atom stereocenters. The number of hydrogen-bond acceptors (Lipinski definition) is 3. The van der Waals surface area contributed by atoms with Gasteiger partial charge in [0.1, 0.15) is 5.69 Å². The van der Waals surface area contributed by atoms with Crippen LogP contribution in [0, 0.1) is 0 Å². The molecule has 5 rings (SSSR count). The van der Waals surface area contributed by atoms with Gasteiger partial charge in [-0.3, -0.25) is 9.59 Å². The topological polar surface area (TPSA) is 79.8 Å². The number of aryl methyl sites for hydroxylation is 1. The van der Waals surface area contributed by atoms with E-state index in [0.717, 1.165) is 47.7 Å². The highest BCUT2D eigenvalue weighted by Gasteiger charge is 2.27. The van der Waals surface area contributed by atoms with Gasteiger partial charge in [-0.25, -0.2) is 5.10 Å². The molecular formula is C24H23ClN4O2. The van der Waals surface area contributed by atoms with Crippen molar-refractivity contribution in [2.75, 3.05) is 0 Å². The van der Waals surface area contributed by atoms with Crippen LogP contribution in [0.5, 0.6) is 0 Å². The molecule has 0 radical (unpaired) electrons. The minimum absolute atomic E-state index is 0.0779. The lowest BCUT2D eigenvalue weighted by atomic mass is 9.82. The zero-order valence-electron chi connectivity index (χ0n) is 17.2. The van der Waals surface area contributed by atoms with E-state index in [4.69, 9.17) is 11.6 Å². The number of fused-ring (bicyclic) bond motifs is 2. The third kappa shape index (κ3) is 3.51. The number of nitrogens with zero attached hydrogens (tertiary/aromatic N) is 2. The molecule has 0 spiro atoms. The summed E-state index contributed by atoms with van der Waals surface area (Å²) in [6.45, 7) is 0. The molecule has 0 aliphatic heterocycles. The fourth-order valence-electron chi connectivity index (χ4n) is 4.76. The van der Waals surface area contributed by atoms with Gasteiger partial charge in [-0.1, -0.05) is 35.9 Å². The van der Waals surface area contributed by atoms with Crippen molar-refractivity contribution in [1.29, 1.82) is 0 Å². The molecule has 0 unspecified atom stereocenters. The molecule has 158 valence electrons. The minimum atomic E-state index is -0.157. The Morgan fingerprint density at radius 2 is 1.81 bits per heavy atom. The van der Waals surface area contributed by atoms with E-state index >= 15 is 0 Å². The van der Waals surface area contributed by atoms with Crippen LogP contribution in [0.3, 0.4) is 0 Å². The molecule has 2 N–H and O–H groups in total. The van der Waals surface area contributed by atoms with E-state index in [9.17, 15) is 9.59 Å². The van der Waals surface area contributed by atoms with Crippen LogP contribution in [0.15, 0.2) is 53.3 Å². The maximum Gasteiger partial charge on any atom is 0.272 e. The molecule has 2 aromatic heterocycles. The molecule has 31 heavy (non-hydrogen) atoms. The molecule has 6 nitrogen and oxygen atoms in total. The molecule has 4 aromatic rings. The molecule has 1 saturated carbocycles. The van der Waals surface area contributed by atoms with Crippen LogP contribution in [0.2, 0.25) is 5.02 Å². The van der Waals surface area contributed by atoms with Gasteiger partial charge in [0, 0.05) is 40.3 Å². The van der Waals surface area contributed by atoms with Gasteiger partial charge in [-0.2, -0.15) is 5.10 Å². The maximum absolute atomic E-state index is 13.0. The van der Waals surface area contributed by atoms with E-state index in [1.807, 2.05) is 60.1 Å². The lowest BCUT2D eigenvalue weighted by molar-refractivity contribution is 0.0918. The number of hydrogen-bond donors (Lipinski definition) is 2. The second kappa shape index (κ2) is 7.85. The molecule has 1 aliphatic rings. The molecule has 1 fully saturated rings. The molecule has 2 heterocycles. The molecule has 2 aromatic carbocycles. The molecular weight excluding hydrogens is 412 g/mol.